The van der Waals surface area contributed by atoms with Crippen LogP contribution in [0.4, 0.5) is 0 Å². The first-order valence-corrected chi connectivity index (χ1v) is 6.98. The van der Waals surface area contributed by atoms with Crippen molar-refractivity contribution in [2.75, 3.05) is 13.2 Å². The number of aromatic nitrogens is 2. The van der Waals surface area contributed by atoms with Gasteiger partial charge >= 0.3 is 0 Å². The van der Waals surface area contributed by atoms with Crippen LogP contribution in [0.5, 0.6) is 0 Å². The number of H-pyrrole nitrogens is 1. The minimum Gasteiger partial charge on any atom is -0.370 e. The van der Waals surface area contributed by atoms with Gasteiger partial charge in [0.2, 0.25) is 0 Å². The summed E-state index contributed by atoms with van der Waals surface area (Å²) in [6.45, 7) is 8.78. The molecule has 0 saturated heterocycles. The van der Waals surface area contributed by atoms with Crippen LogP contribution in [0.15, 0.2) is 0 Å². The second-order valence-electron chi connectivity index (χ2n) is 4.93. The summed E-state index contributed by atoms with van der Waals surface area (Å²) in [4.78, 5) is 7.95. The molecule has 0 aliphatic carbocycles. The highest BCUT2D eigenvalue weighted by Gasteiger charge is 2.21. The average molecular weight is 267 g/mol. The maximum Gasteiger partial charge on any atom is 0.137 e. The third-order valence-corrected chi connectivity index (χ3v) is 3.54. The van der Waals surface area contributed by atoms with Crippen molar-refractivity contribution < 1.29 is 4.74 Å². The van der Waals surface area contributed by atoms with Crippen molar-refractivity contribution >= 4 is 12.2 Å². The summed E-state index contributed by atoms with van der Waals surface area (Å²) < 4.78 is 6.48. The molecule has 4 nitrogen and oxygen atoms in total. The Hall–Kier alpha value is -0.780. The maximum atomic E-state index is 5.78. The second-order valence-corrected chi connectivity index (χ2v) is 5.32. The molecule has 1 aliphatic heterocycles. The smallest absolute Gasteiger partial charge is 0.137 e. The van der Waals surface area contributed by atoms with Gasteiger partial charge in [0.1, 0.15) is 16.6 Å². The normalized spacial score (nSPS) is 16.7. The van der Waals surface area contributed by atoms with Crippen molar-refractivity contribution in [3.63, 3.8) is 0 Å². The number of nitrogens with zero attached hydrogens (tertiary/aromatic N) is 1. The Balaban J connectivity index is 2.39. The van der Waals surface area contributed by atoms with Crippen LogP contribution in [0, 0.1) is 10.6 Å². The second kappa shape index (κ2) is 5.91. The third kappa shape index (κ3) is 2.79. The first-order chi connectivity index (χ1) is 8.63. The highest BCUT2D eigenvalue weighted by Crippen LogP contribution is 2.24. The van der Waals surface area contributed by atoms with E-state index in [0.717, 1.165) is 30.9 Å². The standard InChI is InChI=1S/C13H21N3OS/c1-4-17-11(8(2)3)12-15-10-5-6-14-7-9(10)13(18)16-12/h8,11,14H,4-7H2,1-3H3,(H,15,16,18). The molecule has 1 aromatic heterocycles. The number of nitrogens with one attached hydrogen (secondary N) is 2. The Bertz CT molecular complexity index is 470. The molecule has 1 aromatic rings. The zero-order valence-electron chi connectivity index (χ0n) is 11.2. The van der Waals surface area contributed by atoms with Crippen LogP contribution in [-0.4, -0.2) is 23.1 Å². The molecule has 0 saturated carbocycles. The fourth-order valence-corrected chi connectivity index (χ4v) is 2.58. The van der Waals surface area contributed by atoms with Gasteiger partial charge in [-0.05, 0) is 12.8 Å². The lowest BCUT2D eigenvalue weighted by atomic mass is 10.0. The van der Waals surface area contributed by atoms with Crippen molar-refractivity contribution in [1.82, 2.24) is 15.3 Å². The van der Waals surface area contributed by atoms with Gasteiger partial charge < -0.3 is 15.0 Å². The van der Waals surface area contributed by atoms with Gasteiger partial charge in [-0.1, -0.05) is 26.1 Å². The van der Waals surface area contributed by atoms with E-state index in [0.29, 0.717) is 17.2 Å². The molecule has 0 fully saturated rings. The molecule has 0 spiro atoms. The molecule has 1 atom stereocenters. The summed E-state index contributed by atoms with van der Waals surface area (Å²) in [5.41, 5.74) is 2.35. The number of aromatic amines is 1. The summed E-state index contributed by atoms with van der Waals surface area (Å²) in [7, 11) is 0. The van der Waals surface area contributed by atoms with Crippen molar-refractivity contribution in [3.05, 3.63) is 21.7 Å². The molecule has 0 amide bonds. The van der Waals surface area contributed by atoms with Gasteiger partial charge in [0, 0.05) is 37.4 Å². The van der Waals surface area contributed by atoms with Gasteiger partial charge in [0.15, 0.2) is 0 Å². The van der Waals surface area contributed by atoms with Crippen molar-refractivity contribution in [1.29, 1.82) is 0 Å². The Morgan fingerprint density at radius 1 is 1.44 bits per heavy atom. The molecule has 0 bridgehead atoms. The first kappa shape index (κ1) is 13.6. The number of rotatable bonds is 4. The van der Waals surface area contributed by atoms with E-state index in [-0.39, 0.29) is 6.10 Å². The topological polar surface area (TPSA) is 49.9 Å². The van der Waals surface area contributed by atoms with Gasteiger partial charge in [-0.25, -0.2) is 4.98 Å². The van der Waals surface area contributed by atoms with E-state index >= 15 is 0 Å². The maximum absolute atomic E-state index is 5.78. The van der Waals surface area contributed by atoms with Gasteiger partial charge in [-0.2, -0.15) is 0 Å². The van der Waals surface area contributed by atoms with Gasteiger partial charge in [0.05, 0.1) is 0 Å². The zero-order chi connectivity index (χ0) is 13.1. The predicted octanol–water partition coefficient (Wildman–Crippen LogP) is 2.52. The SMILES string of the molecule is CCOC(c1nc(=S)c2c([nH]1)CCNC2)C(C)C. The highest BCUT2D eigenvalue weighted by molar-refractivity contribution is 7.71. The molecule has 1 aliphatic rings. The Morgan fingerprint density at radius 3 is 2.89 bits per heavy atom. The molecule has 5 heteroatoms. The Labute approximate surface area is 113 Å². The van der Waals surface area contributed by atoms with Crippen LogP contribution < -0.4 is 5.32 Å². The molecule has 100 valence electrons. The molecule has 18 heavy (non-hydrogen) atoms. The van der Waals surface area contributed by atoms with Crippen molar-refractivity contribution in [2.24, 2.45) is 5.92 Å². The van der Waals surface area contributed by atoms with Crippen LogP contribution in [0.3, 0.4) is 0 Å². The number of fused-ring (bicyclic) bond motifs is 1. The van der Waals surface area contributed by atoms with E-state index in [4.69, 9.17) is 17.0 Å². The number of ether oxygens (including phenoxy) is 1. The quantitative estimate of drug-likeness (QED) is 0.823. The van der Waals surface area contributed by atoms with Crippen molar-refractivity contribution in [3.8, 4) is 0 Å². The van der Waals surface area contributed by atoms with Crippen LogP contribution >= 0.6 is 12.2 Å². The van der Waals surface area contributed by atoms with Gasteiger partial charge in [-0.3, -0.25) is 0 Å². The minimum atomic E-state index is -0.00288. The third-order valence-electron chi connectivity index (χ3n) is 3.20. The molecule has 0 aromatic carbocycles. The van der Waals surface area contributed by atoms with E-state index in [2.05, 4.69) is 29.1 Å². The van der Waals surface area contributed by atoms with Gasteiger partial charge in [-0.15, -0.1) is 0 Å². The van der Waals surface area contributed by atoms with E-state index < -0.39 is 0 Å². The predicted molar refractivity (Wildman–Crippen MR) is 74.0 cm³/mol. The molecule has 2 N–H and O–H groups in total. The largest absolute Gasteiger partial charge is 0.370 e. The Kier molecular flexibility index (Phi) is 4.48. The minimum absolute atomic E-state index is 0.00288. The molecule has 2 heterocycles. The molecule has 1 unspecified atom stereocenters. The van der Waals surface area contributed by atoms with Crippen LogP contribution in [-0.2, 0) is 17.7 Å². The lowest BCUT2D eigenvalue weighted by Gasteiger charge is -2.23. The number of hydrogen-bond acceptors (Lipinski definition) is 4. The van der Waals surface area contributed by atoms with E-state index in [1.54, 1.807) is 0 Å². The van der Waals surface area contributed by atoms with Crippen LogP contribution in [0.1, 0.15) is 44.0 Å². The summed E-state index contributed by atoms with van der Waals surface area (Å²) in [5.74, 6) is 1.25. The average Bonchev–Trinajstić information content (AvgIpc) is 2.35. The fourth-order valence-electron chi connectivity index (χ4n) is 2.29. The molecular weight excluding hydrogens is 246 g/mol. The summed E-state index contributed by atoms with van der Waals surface area (Å²) in [5, 5.41) is 3.32. The summed E-state index contributed by atoms with van der Waals surface area (Å²) in [6.07, 6.45) is 0.975. The summed E-state index contributed by atoms with van der Waals surface area (Å²) >= 11 is 5.39. The zero-order valence-corrected chi connectivity index (χ0v) is 12.1. The van der Waals surface area contributed by atoms with Gasteiger partial charge in [0.25, 0.3) is 0 Å². The molecule has 0 radical (unpaired) electrons. The molecular formula is C13H21N3OS. The van der Waals surface area contributed by atoms with Crippen molar-refractivity contribution in [2.45, 2.75) is 39.8 Å². The van der Waals surface area contributed by atoms with E-state index in [1.807, 2.05) is 6.92 Å². The highest BCUT2D eigenvalue weighted by atomic mass is 32.1. The molecule has 2 rings (SSSR count). The summed E-state index contributed by atoms with van der Waals surface area (Å²) in [6, 6.07) is 0. The van der Waals surface area contributed by atoms with E-state index in [9.17, 15) is 0 Å². The lowest BCUT2D eigenvalue weighted by Crippen LogP contribution is -2.27. The lowest BCUT2D eigenvalue weighted by molar-refractivity contribution is 0.0229. The van der Waals surface area contributed by atoms with Crippen LogP contribution in [0.2, 0.25) is 0 Å². The van der Waals surface area contributed by atoms with E-state index in [1.165, 1.54) is 5.69 Å². The van der Waals surface area contributed by atoms with Crippen LogP contribution in [0.25, 0.3) is 0 Å². The fraction of sp³-hybridized carbons (Fsp3) is 0.692. The Morgan fingerprint density at radius 2 is 2.22 bits per heavy atom. The monoisotopic (exact) mass is 267 g/mol. The first-order valence-electron chi connectivity index (χ1n) is 6.57. The number of hydrogen-bond donors (Lipinski definition) is 2.